The van der Waals surface area contributed by atoms with Crippen molar-refractivity contribution in [3.8, 4) is 11.5 Å². The van der Waals surface area contributed by atoms with E-state index < -0.39 is 21.6 Å². The maximum Gasteiger partial charge on any atom is 0.416 e. The van der Waals surface area contributed by atoms with Crippen molar-refractivity contribution in [2.75, 3.05) is 24.6 Å². The van der Waals surface area contributed by atoms with E-state index >= 15 is 0 Å². The molecule has 0 bridgehead atoms. The summed E-state index contributed by atoms with van der Waals surface area (Å²) in [6.07, 6.45) is -4.43. The largest absolute Gasteiger partial charge is 0.441 e. The Labute approximate surface area is 143 Å². The van der Waals surface area contributed by atoms with Crippen LogP contribution in [0.15, 0.2) is 28.7 Å². The van der Waals surface area contributed by atoms with Gasteiger partial charge in [-0.15, -0.1) is 0 Å². The molecular formula is C16H17F3N2O3S. The second kappa shape index (κ2) is 6.45. The van der Waals surface area contributed by atoms with Crippen LogP contribution in [0.1, 0.15) is 17.0 Å². The second-order valence-corrected chi connectivity index (χ2v) is 8.33. The van der Waals surface area contributed by atoms with E-state index in [9.17, 15) is 21.6 Å². The van der Waals surface area contributed by atoms with Crippen LogP contribution in [0.4, 0.5) is 13.2 Å². The van der Waals surface area contributed by atoms with Crippen molar-refractivity contribution in [3.63, 3.8) is 0 Å². The quantitative estimate of drug-likeness (QED) is 0.827. The Bertz CT molecular complexity index is 861. The molecule has 1 aromatic carbocycles. The zero-order chi connectivity index (χ0) is 18.2. The molecule has 1 aliphatic rings. The van der Waals surface area contributed by atoms with Crippen molar-refractivity contribution in [2.45, 2.75) is 19.6 Å². The van der Waals surface area contributed by atoms with Crippen LogP contribution in [0.5, 0.6) is 0 Å². The standard InChI is InChI=1S/C16H17F3N2O3S/c1-11-14(10-21-5-7-25(22,23)8-6-21)20-15(24-11)12-3-2-4-13(9-12)16(17,18)19/h2-4,9H,5-8,10H2,1H3. The number of hydrogen-bond donors (Lipinski definition) is 0. The lowest BCUT2D eigenvalue weighted by Crippen LogP contribution is -2.39. The van der Waals surface area contributed by atoms with E-state index in [4.69, 9.17) is 4.42 Å². The van der Waals surface area contributed by atoms with Gasteiger partial charge in [0.2, 0.25) is 5.89 Å². The zero-order valence-corrected chi connectivity index (χ0v) is 14.3. The average molecular weight is 374 g/mol. The Morgan fingerprint density at radius 2 is 1.92 bits per heavy atom. The summed E-state index contributed by atoms with van der Waals surface area (Å²) in [6.45, 7) is 2.92. The molecule has 2 heterocycles. The Balaban J connectivity index is 1.79. The molecule has 1 aromatic heterocycles. The predicted octanol–water partition coefficient (Wildman–Crippen LogP) is 2.90. The molecule has 0 N–H and O–H groups in total. The third kappa shape index (κ3) is 4.21. The van der Waals surface area contributed by atoms with Gasteiger partial charge in [-0.05, 0) is 25.1 Å². The van der Waals surface area contributed by atoms with E-state index in [0.717, 1.165) is 12.1 Å². The van der Waals surface area contributed by atoms with Crippen LogP contribution >= 0.6 is 0 Å². The topological polar surface area (TPSA) is 63.4 Å². The lowest BCUT2D eigenvalue weighted by Gasteiger charge is -2.25. The number of hydrogen-bond acceptors (Lipinski definition) is 5. The van der Waals surface area contributed by atoms with Gasteiger partial charge in [0.15, 0.2) is 9.84 Å². The predicted molar refractivity (Wildman–Crippen MR) is 85.6 cm³/mol. The smallest absolute Gasteiger partial charge is 0.416 e. The molecule has 9 heteroatoms. The third-order valence-corrected chi connectivity index (χ3v) is 5.75. The van der Waals surface area contributed by atoms with Crippen molar-refractivity contribution in [1.29, 1.82) is 0 Å². The summed E-state index contributed by atoms with van der Waals surface area (Å²) in [4.78, 5) is 6.25. The molecule has 3 rings (SSSR count). The van der Waals surface area contributed by atoms with E-state index in [2.05, 4.69) is 4.98 Å². The lowest BCUT2D eigenvalue weighted by atomic mass is 10.1. The number of oxazole rings is 1. The summed E-state index contributed by atoms with van der Waals surface area (Å²) in [5.41, 5.74) is 0.0979. The fraction of sp³-hybridized carbons (Fsp3) is 0.438. The Kier molecular flexibility index (Phi) is 4.63. The molecule has 2 aromatic rings. The van der Waals surface area contributed by atoms with Gasteiger partial charge in [-0.2, -0.15) is 13.2 Å². The van der Waals surface area contributed by atoms with Crippen LogP contribution < -0.4 is 0 Å². The maximum absolute atomic E-state index is 12.8. The molecule has 136 valence electrons. The number of sulfone groups is 1. The van der Waals surface area contributed by atoms with Crippen LogP contribution in [0.2, 0.25) is 0 Å². The summed E-state index contributed by atoms with van der Waals surface area (Å²) >= 11 is 0. The molecule has 1 saturated heterocycles. The van der Waals surface area contributed by atoms with Crippen molar-refractivity contribution >= 4 is 9.84 Å². The summed E-state index contributed by atoms with van der Waals surface area (Å²) in [5, 5.41) is 0. The summed E-state index contributed by atoms with van der Waals surface area (Å²) in [6, 6.07) is 4.82. The highest BCUT2D eigenvalue weighted by molar-refractivity contribution is 7.91. The highest BCUT2D eigenvalue weighted by Crippen LogP contribution is 2.32. The van der Waals surface area contributed by atoms with Crippen LogP contribution in [-0.2, 0) is 22.6 Å². The first-order valence-corrected chi connectivity index (χ1v) is 9.53. The number of aryl methyl sites for hydroxylation is 1. The highest BCUT2D eigenvalue weighted by atomic mass is 32.2. The molecule has 0 saturated carbocycles. The average Bonchev–Trinajstić information content (AvgIpc) is 2.90. The molecule has 0 unspecified atom stereocenters. The normalized spacial score (nSPS) is 18.4. The van der Waals surface area contributed by atoms with Gasteiger partial charge < -0.3 is 4.42 Å². The Hall–Kier alpha value is -1.87. The second-order valence-electron chi connectivity index (χ2n) is 6.03. The van der Waals surface area contributed by atoms with Crippen LogP contribution in [0.25, 0.3) is 11.5 Å². The Morgan fingerprint density at radius 3 is 2.56 bits per heavy atom. The molecule has 5 nitrogen and oxygen atoms in total. The molecule has 0 radical (unpaired) electrons. The van der Waals surface area contributed by atoms with Gasteiger partial charge in [-0.25, -0.2) is 13.4 Å². The highest BCUT2D eigenvalue weighted by Gasteiger charge is 2.31. The fourth-order valence-electron chi connectivity index (χ4n) is 2.65. The van der Waals surface area contributed by atoms with Gasteiger partial charge in [0.05, 0.1) is 22.8 Å². The van der Waals surface area contributed by atoms with E-state index in [1.54, 1.807) is 6.92 Å². The van der Waals surface area contributed by atoms with E-state index in [-0.39, 0.29) is 23.0 Å². The minimum absolute atomic E-state index is 0.102. The van der Waals surface area contributed by atoms with Crippen molar-refractivity contribution in [1.82, 2.24) is 9.88 Å². The number of halogens is 3. The molecule has 25 heavy (non-hydrogen) atoms. The first-order chi connectivity index (χ1) is 11.6. The van der Waals surface area contributed by atoms with Crippen LogP contribution in [-0.4, -0.2) is 42.9 Å². The summed E-state index contributed by atoms with van der Waals surface area (Å²) < 4.78 is 67.0. The number of nitrogens with zero attached hydrogens (tertiary/aromatic N) is 2. The molecular weight excluding hydrogens is 357 g/mol. The monoisotopic (exact) mass is 374 g/mol. The van der Waals surface area contributed by atoms with E-state index in [0.29, 0.717) is 31.1 Å². The number of benzene rings is 1. The first kappa shape index (κ1) is 17.9. The van der Waals surface area contributed by atoms with Gasteiger partial charge in [0.1, 0.15) is 5.76 Å². The van der Waals surface area contributed by atoms with Gasteiger partial charge >= 0.3 is 6.18 Å². The van der Waals surface area contributed by atoms with E-state index in [1.807, 2.05) is 4.90 Å². The van der Waals surface area contributed by atoms with Crippen molar-refractivity contribution in [2.24, 2.45) is 0 Å². The summed E-state index contributed by atoms with van der Waals surface area (Å²) in [5.74, 6) is 0.846. The molecule has 1 aliphatic heterocycles. The number of aromatic nitrogens is 1. The van der Waals surface area contributed by atoms with Gasteiger partial charge in [-0.1, -0.05) is 6.07 Å². The first-order valence-electron chi connectivity index (χ1n) is 7.71. The van der Waals surface area contributed by atoms with Gasteiger partial charge in [-0.3, -0.25) is 4.90 Å². The summed E-state index contributed by atoms with van der Waals surface area (Å²) in [7, 11) is -2.97. The fourth-order valence-corrected chi connectivity index (χ4v) is 3.92. The van der Waals surface area contributed by atoms with Crippen LogP contribution in [0.3, 0.4) is 0 Å². The Morgan fingerprint density at radius 1 is 1.24 bits per heavy atom. The molecule has 0 spiro atoms. The van der Waals surface area contributed by atoms with Crippen LogP contribution in [0, 0.1) is 6.92 Å². The van der Waals surface area contributed by atoms with Gasteiger partial charge in [0.25, 0.3) is 0 Å². The molecule has 0 amide bonds. The SMILES string of the molecule is Cc1oc(-c2cccc(C(F)(F)F)c2)nc1CN1CCS(=O)(=O)CC1. The minimum atomic E-state index is -4.43. The van der Waals surface area contributed by atoms with Gasteiger partial charge in [0, 0.05) is 25.2 Å². The van der Waals surface area contributed by atoms with Crippen molar-refractivity contribution in [3.05, 3.63) is 41.3 Å². The third-order valence-electron chi connectivity index (χ3n) is 4.14. The maximum atomic E-state index is 12.8. The van der Waals surface area contributed by atoms with E-state index in [1.165, 1.54) is 12.1 Å². The molecule has 0 atom stereocenters. The molecule has 0 aliphatic carbocycles. The lowest BCUT2D eigenvalue weighted by molar-refractivity contribution is -0.137. The van der Waals surface area contributed by atoms with Crippen molar-refractivity contribution < 1.29 is 26.0 Å². The minimum Gasteiger partial charge on any atom is -0.441 e. The number of alkyl halides is 3. The number of rotatable bonds is 3. The zero-order valence-electron chi connectivity index (χ0n) is 13.5. The molecule has 1 fully saturated rings.